The number of hydrogen-bond acceptors (Lipinski definition) is 5. The number of nitrogens with zero attached hydrogens (tertiary/aromatic N) is 1. The third kappa shape index (κ3) is 7.63. The molecule has 1 atom stereocenters. The Bertz CT molecular complexity index is 654. The van der Waals surface area contributed by atoms with E-state index in [1.807, 2.05) is 20.8 Å². The minimum absolute atomic E-state index is 0. The molecular formula is C17H29ClN2O4S. The molecule has 1 aromatic carbocycles. The third-order valence-electron chi connectivity index (χ3n) is 3.73. The van der Waals surface area contributed by atoms with Crippen molar-refractivity contribution in [1.82, 2.24) is 4.90 Å². The van der Waals surface area contributed by atoms with Crippen LogP contribution >= 0.6 is 12.4 Å². The van der Waals surface area contributed by atoms with Crippen molar-refractivity contribution in [3.8, 4) is 5.75 Å². The van der Waals surface area contributed by atoms with E-state index in [1.54, 1.807) is 24.1 Å². The molecule has 0 spiro atoms. The molecule has 0 aromatic heterocycles. The first-order chi connectivity index (χ1) is 10.9. The second kappa shape index (κ2) is 9.40. The van der Waals surface area contributed by atoms with Gasteiger partial charge in [0.25, 0.3) is 0 Å². The van der Waals surface area contributed by atoms with Gasteiger partial charge in [0, 0.05) is 19.8 Å². The monoisotopic (exact) mass is 392 g/mol. The Morgan fingerprint density at radius 3 is 2.20 bits per heavy atom. The highest BCUT2D eigenvalue weighted by Gasteiger charge is 2.29. The van der Waals surface area contributed by atoms with Crippen LogP contribution in [0.2, 0.25) is 0 Å². The van der Waals surface area contributed by atoms with E-state index in [0.717, 1.165) is 6.26 Å². The van der Waals surface area contributed by atoms with E-state index in [9.17, 15) is 13.2 Å². The van der Waals surface area contributed by atoms with Crippen LogP contribution < -0.4 is 10.5 Å². The Morgan fingerprint density at radius 2 is 1.76 bits per heavy atom. The summed E-state index contributed by atoms with van der Waals surface area (Å²) in [6.45, 7) is 6.79. The van der Waals surface area contributed by atoms with Crippen molar-refractivity contribution in [3.63, 3.8) is 0 Å². The van der Waals surface area contributed by atoms with E-state index in [2.05, 4.69) is 0 Å². The fourth-order valence-corrected chi connectivity index (χ4v) is 2.62. The van der Waals surface area contributed by atoms with Gasteiger partial charge in [0.1, 0.15) is 5.75 Å². The SMILES string of the molecule is CN(CCCOc1ccc(S(C)(=O)=O)cc1)C(=O)[C@@H](N)C(C)(C)C.Cl. The zero-order valence-electron chi connectivity index (χ0n) is 15.5. The van der Waals surface area contributed by atoms with Crippen LogP contribution in [0.1, 0.15) is 27.2 Å². The number of halogens is 1. The highest BCUT2D eigenvalue weighted by molar-refractivity contribution is 7.90. The fourth-order valence-electron chi connectivity index (χ4n) is 1.99. The van der Waals surface area contributed by atoms with E-state index >= 15 is 0 Å². The molecule has 0 heterocycles. The molecule has 0 radical (unpaired) electrons. The number of carbonyl (C=O) groups excluding carboxylic acids is 1. The number of benzene rings is 1. The van der Waals surface area contributed by atoms with Crippen molar-refractivity contribution >= 4 is 28.2 Å². The summed E-state index contributed by atoms with van der Waals surface area (Å²) in [4.78, 5) is 14.1. The number of likely N-dealkylation sites (N-methyl/N-ethyl adjacent to an activating group) is 1. The molecule has 1 aromatic rings. The molecular weight excluding hydrogens is 364 g/mol. The van der Waals surface area contributed by atoms with Crippen molar-refractivity contribution in [2.24, 2.45) is 11.1 Å². The maximum atomic E-state index is 12.2. The zero-order valence-corrected chi connectivity index (χ0v) is 17.1. The van der Waals surface area contributed by atoms with Gasteiger partial charge in [0.05, 0.1) is 17.5 Å². The molecule has 0 aliphatic heterocycles. The van der Waals surface area contributed by atoms with Crippen LogP contribution in [0.5, 0.6) is 5.75 Å². The second-order valence-electron chi connectivity index (χ2n) is 7.05. The molecule has 2 N–H and O–H groups in total. The second-order valence-corrected chi connectivity index (χ2v) is 9.06. The van der Waals surface area contributed by atoms with E-state index in [-0.39, 0.29) is 28.6 Å². The summed E-state index contributed by atoms with van der Waals surface area (Å²) in [6.07, 6.45) is 1.82. The molecule has 0 fully saturated rings. The molecule has 0 aliphatic rings. The first-order valence-corrected chi connectivity index (χ1v) is 9.75. The molecule has 6 nitrogen and oxygen atoms in total. The molecule has 1 rings (SSSR count). The highest BCUT2D eigenvalue weighted by atomic mass is 35.5. The summed E-state index contributed by atoms with van der Waals surface area (Å²) in [5.41, 5.74) is 5.69. The van der Waals surface area contributed by atoms with Crippen LogP contribution in [0, 0.1) is 5.41 Å². The van der Waals surface area contributed by atoms with Gasteiger partial charge in [0.2, 0.25) is 5.91 Å². The Kier molecular flexibility index (Phi) is 8.91. The Hall–Kier alpha value is -1.31. The fraction of sp³-hybridized carbons (Fsp3) is 0.588. The highest BCUT2D eigenvalue weighted by Crippen LogP contribution is 2.19. The summed E-state index contributed by atoms with van der Waals surface area (Å²) < 4.78 is 28.3. The van der Waals surface area contributed by atoms with Crippen LogP contribution in [0.3, 0.4) is 0 Å². The van der Waals surface area contributed by atoms with Gasteiger partial charge in [0.15, 0.2) is 9.84 Å². The van der Waals surface area contributed by atoms with Crippen molar-refractivity contribution in [1.29, 1.82) is 0 Å². The van der Waals surface area contributed by atoms with Crippen LogP contribution in [0.4, 0.5) is 0 Å². The van der Waals surface area contributed by atoms with Gasteiger partial charge in [-0.15, -0.1) is 12.4 Å². The minimum Gasteiger partial charge on any atom is -0.494 e. The maximum absolute atomic E-state index is 12.2. The van der Waals surface area contributed by atoms with Gasteiger partial charge in [-0.05, 0) is 36.1 Å². The summed E-state index contributed by atoms with van der Waals surface area (Å²) >= 11 is 0. The summed E-state index contributed by atoms with van der Waals surface area (Å²) in [5.74, 6) is 0.516. The molecule has 0 bridgehead atoms. The molecule has 0 unspecified atom stereocenters. The van der Waals surface area contributed by atoms with Gasteiger partial charge in [-0.2, -0.15) is 0 Å². The lowest BCUT2D eigenvalue weighted by Gasteiger charge is -2.30. The largest absolute Gasteiger partial charge is 0.494 e. The van der Waals surface area contributed by atoms with Gasteiger partial charge in [-0.1, -0.05) is 20.8 Å². The number of rotatable bonds is 7. The number of sulfone groups is 1. The van der Waals surface area contributed by atoms with Crippen molar-refractivity contribution in [2.45, 2.75) is 38.1 Å². The summed E-state index contributed by atoms with van der Waals surface area (Å²) in [7, 11) is -1.47. The molecule has 25 heavy (non-hydrogen) atoms. The minimum atomic E-state index is -3.20. The van der Waals surface area contributed by atoms with Crippen LogP contribution in [0.15, 0.2) is 29.2 Å². The van der Waals surface area contributed by atoms with Gasteiger partial charge in [-0.3, -0.25) is 4.79 Å². The predicted molar refractivity (Wildman–Crippen MR) is 102 cm³/mol. The first-order valence-electron chi connectivity index (χ1n) is 7.86. The third-order valence-corrected chi connectivity index (χ3v) is 4.86. The Balaban J connectivity index is 0.00000576. The lowest BCUT2D eigenvalue weighted by molar-refractivity contribution is -0.133. The van der Waals surface area contributed by atoms with E-state index in [4.69, 9.17) is 10.5 Å². The van der Waals surface area contributed by atoms with E-state index < -0.39 is 15.9 Å². The standard InChI is InChI=1S/C17H28N2O4S.ClH/c1-17(2,3)15(18)16(20)19(4)11-6-12-23-13-7-9-14(10-8-13)24(5,21)22;/h7-10,15H,6,11-12,18H2,1-5H3;1H/t15-;/m1./s1. The average Bonchev–Trinajstić information content (AvgIpc) is 2.48. The van der Waals surface area contributed by atoms with Gasteiger partial charge < -0.3 is 15.4 Å². The summed E-state index contributed by atoms with van der Waals surface area (Å²) in [5, 5.41) is 0. The average molecular weight is 393 g/mol. The maximum Gasteiger partial charge on any atom is 0.239 e. The number of carbonyl (C=O) groups is 1. The molecule has 0 saturated heterocycles. The molecule has 0 saturated carbocycles. The van der Waals surface area contributed by atoms with Crippen LogP contribution in [-0.4, -0.2) is 51.7 Å². The molecule has 1 amide bonds. The lowest BCUT2D eigenvalue weighted by Crippen LogP contribution is -2.49. The normalized spacial score (nSPS) is 12.9. The van der Waals surface area contributed by atoms with Crippen LogP contribution in [-0.2, 0) is 14.6 Å². The van der Waals surface area contributed by atoms with E-state index in [0.29, 0.717) is 25.3 Å². The van der Waals surface area contributed by atoms with Crippen molar-refractivity contribution in [2.75, 3.05) is 26.5 Å². The number of amides is 1. The topological polar surface area (TPSA) is 89.7 Å². The zero-order chi connectivity index (χ0) is 18.5. The smallest absolute Gasteiger partial charge is 0.239 e. The molecule has 144 valence electrons. The van der Waals surface area contributed by atoms with Gasteiger partial charge >= 0.3 is 0 Å². The first kappa shape index (κ1) is 23.7. The van der Waals surface area contributed by atoms with Crippen LogP contribution in [0.25, 0.3) is 0 Å². The summed E-state index contributed by atoms with van der Waals surface area (Å²) in [6, 6.07) is 5.75. The van der Waals surface area contributed by atoms with Crippen molar-refractivity contribution in [3.05, 3.63) is 24.3 Å². The lowest BCUT2D eigenvalue weighted by atomic mass is 9.86. The molecule has 8 heteroatoms. The quantitative estimate of drug-likeness (QED) is 0.718. The Morgan fingerprint density at radius 1 is 1.24 bits per heavy atom. The molecule has 0 aliphatic carbocycles. The number of nitrogens with two attached hydrogens (primary N) is 1. The predicted octanol–water partition coefficient (Wildman–Crippen LogP) is 2.11. The number of ether oxygens (including phenoxy) is 1. The van der Waals surface area contributed by atoms with E-state index in [1.165, 1.54) is 12.1 Å². The van der Waals surface area contributed by atoms with Gasteiger partial charge in [-0.25, -0.2) is 8.42 Å². The Labute approximate surface area is 157 Å². The number of hydrogen-bond donors (Lipinski definition) is 1. The van der Waals surface area contributed by atoms with Crippen molar-refractivity contribution < 1.29 is 17.9 Å².